The second-order valence-corrected chi connectivity index (χ2v) is 6.08. The summed E-state index contributed by atoms with van der Waals surface area (Å²) >= 11 is 3.50. The molecule has 0 unspecified atom stereocenters. The number of hydrogen-bond acceptors (Lipinski definition) is 5. The lowest BCUT2D eigenvalue weighted by molar-refractivity contribution is 0.274. The number of nitriles is 1. The third kappa shape index (κ3) is 2.64. The first-order valence-electron chi connectivity index (χ1n) is 7.34. The molecule has 122 valence electrons. The van der Waals surface area contributed by atoms with Gasteiger partial charge in [-0.05, 0) is 24.6 Å². The van der Waals surface area contributed by atoms with E-state index in [0.717, 1.165) is 15.6 Å². The molecule has 0 radical (unpaired) electrons. The van der Waals surface area contributed by atoms with Crippen molar-refractivity contribution in [1.82, 2.24) is 9.55 Å². The molecular weight excluding hydrogens is 372 g/mol. The second-order valence-electron chi connectivity index (χ2n) is 5.23. The zero-order valence-corrected chi connectivity index (χ0v) is 14.8. The first kappa shape index (κ1) is 16.4. The second kappa shape index (κ2) is 6.59. The molecule has 3 rings (SSSR count). The van der Waals surface area contributed by atoms with Gasteiger partial charge in [0.25, 0.3) is 0 Å². The summed E-state index contributed by atoms with van der Waals surface area (Å²) < 4.78 is 8.56. The van der Waals surface area contributed by atoms with Gasteiger partial charge in [-0.2, -0.15) is 5.26 Å². The first-order chi connectivity index (χ1) is 11.6. The van der Waals surface area contributed by atoms with E-state index in [2.05, 4.69) is 32.0 Å². The average molecular weight is 387 g/mol. The summed E-state index contributed by atoms with van der Waals surface area (Å²) in [4.78, 5) is 8.82. The largest absolute Gasteiger partial charge is 0.434 e. The summed E-state index contributed by atoms with van der Waals surface area (Å²) in [7, 11) is 1.65. The smallest absolute Gasteiger partial charge is 0.227 e. The number of halogens is 1. The van der Waals surface area contributed by atoms with Gasteiger partial charge in [0.1, 0.15) is 11.6 Å². The quantitative estimate of drug-likeness (QED) is 0.749. The van der Waals surface area contributed by atoms with E-state index in [4.69, 9.17) is 4.42 Å². The minimum Gasteiger partial charge on any atom is -0.434 e. The number of benzene rings is 1. The Morgan fingerprint density at radius 2 is 2.25 bits per heavy atom. The van der Waals surface area contributed by atoms with Crippen LogP contribution in [0.3, 0.4) is 0 Å². The third-order valence-electron chi connectivity index (χ3n) is 3.81. The summed E-state index contributed by atoms with van der Waals surface area (Å²) in [6, 6.07) is 7.90. The van der Waals surface area contributed by atoms with Gasteiger partial charge in [0.15, 0.2) is 16.6 Å². The highest BCUT2D eigenvalue weighted by Crippen LogP contribution is 2.30. The minimum atomic E-state index is -0.0565. The number of hydrogen-bond donors (Lipinski definition) is 1. The molecule has 0 aliphatic rings. The zero-order valence-electron chi connectivity index (χ0n) is 13.2. The number of oxazole rings is 1. The molecule has 0 aliphatic heterocycles. The maximum Gasteiger partial charge on any atom is 0.227 e. The monoisotopic (exact) mass is 386 g/mol. The Morgan fingerprint density at radius 1 is 1.46 bits per heavy atom. The molecule has 0 fully saturated rings. The predicted octanol–water partition coefficient (Wildman–Crippen LogP) is 2.76. The standard InChI is InChI=1S/C17H15BrN4O2/c1-10-12(4-3-5-13(10)18)17-21-14-15(24-17)11(8-19)9-22(6-7-23)16(14)20-2/h3-5,9,23H,6-7H2,1-2H3. The van der Waals surface area contributed by atoms with E-state index in [0.29, 0.717) is 34.6 Å². The Balaban J connectivity index is 2.36. The Morgan fingerprint density at radius 3 is 2.92 bits per heavy atom. The zero-order chi connectivity index (χ0) is 17.3. The molecule has 0 amide bonds. The summed E-state index contributed by atoms with van der Waals surface area (Å²) in [5, 5.41) is 18.6. The Kier molecular flexibility index (Phi) is 4.51. The van der Waals surface area contributed by atoms with Crippen LogP contribution in [-0.2, 0) is 6.54 Å². The van der Waals surface area contributed by atoms with Crippen molar-refractivity contribution in [3.8, 4) is 17.5 Å². The molecule has 1 aromatic carbocycles. The van der Waals surface area contributed by atoms with Gasteiger partial charge in [0.2, 0.25) is 5.89 Å². The van der Waals surface area contributed by atoms with Gasteiger partial charge in [-0.15, -0.1) is 0 Å². The lowest BCUT2D eigenvalue weighted by atomic mass is 10.1. The van der Waals surface area contributed by atoms with Gasteiger partial charge in [0.05, 0.1) is 6.61 Å². The van der Waals surface area contributed by atoms with Crippen molar-refractivity contribution in [2.45, 2.75) is 13.5 Å². The lowest BCUT2D eigenvalue weighted by Crippen LogP contribution is -2.23. The number of aromatic nitrogens is 2. The highest BCUT2D eigenvalue weighted by atomic mass is 79.9. The van der Waals surface area contributed by atoms with Crippen LogP contribution in [0.1, 0.15) is 11.1 Å². The Bertz CT molecular complexity index is 1030. The van der Waals surface area contributed by atoms with Crippen LogP contribution >= 0.6 is 15.9 Å². The molecular formula is C17H15BrN4O2. The van der Waals surface area contributed by atoms with Crippen LogP contribution in [0.15, 0.2) is 38.3 Å². The van der Waals surface area contributed by atoms with Crippen LogP contribution in [0.4, 0.5) is 0 Å². The number of aliphatic hydroxyl groups excluding tert-OH is 1. The van der Waals surface area contributed by atoms with Crippen LogP contribution < -0.4 is 5.49 Å². The Hall–Kier alpha value is -2.43. The van der Waals surface area contributed by atoms with Gasteiger partial charge >= 0.3 is 0 Å². The fourth-order valence-corrected chi connectivity index (χ4v) is 2.98. The number of pyridine rings is 1. The first-order valence-corrected chi connectivity index (χ1v) is 8.13. The van der Waals surface area contributed by atoms with Crippen molar-refractivity contribution in [3.63, 3.8) is 0 Å². The van der Waals surface area contributed by atoms with E-state index in [1.54, 1.807) is 17.8 Å². The normalized spacial score (nSPS) is 11.9. The molecule has 24 heavy (non-hydrogen) atoms. The summed E-state index contributed by atoms with van der Waals surface area (Å²) in [6.45, 7) is 2.24. The summed E-state index contributed by atoms with van der Waals surface area (Å²) in [6.07, 6.45) is 1.63. The molecule has 0 atom stereocenters. The molecule has 0 aliphatic carbocycles. The molecule has 2 aromatic heterocycles. The van der Waals surface area contributed by atoms with Crippen molar-refractivity contribution in [2.24, 2.45) is 4.99 Å². The molecule has 3 aromatic rings. The van der Waals surface area contributed by atoms with Crippen LogP contribution in [0, 0.1) is 18.3 Å². The van der Waals surface area contributed by atoms with Gasteiger partial charge in [-0.3, -0.25) is 4.99 Å². The van der Waals surface area contributed by atoms with Crippen LogP contribution in [-0.4, -0.2) is 28.3 Å². The molecule has 7 heteroatoms. The SMILES string of the molecule is CN=c1c2nc(-c3cccc(Br)c3C)oc2c(C#N)cn1CCO. The number of aliphatic hydroxyl groups is 1. The maximum atomic E-state index is 9.42. The van der Waals surface area contributed by atoms with Crippen molar-refractivity contribution in [2.75, 3.05) is 13.7 Å². The molecule has 6 nitrogen and oxygen atoms in total. The van der Waals surface area contributed by atoms with Gasteiger partial charge in [0, 0.05) is 29.8 Å². The molecule has 0 spiro atoms. The number of fused-ring (bicyclic) bond motifs is 1. The third-order valence-corrected chi connectivity index (χ3v) is 4.67. The van der Waals surface area contributed by atoms with Gasteiger partial charge in [-0.1, -0.05) is 22.0 Å². The molecule has 1 N–H and O–H groups in total. The van der Waals surface area contributed by atoms with Crippen molar-refractivity contribution >= 4 is 27.0 Å². The minimum absolute atomic E-state index is 0.0565. The van der Waals surface area contributed by atoms with Crippen LogP contribution in [0.5, 0.6) is 0 Å². The molecule has 0 bridgehead atoms. The maximum absolute atomic E-state index is 9.42. The number of rotatable bonds is 3. The highest BCUT2D eigenvalue weighted by Gasteiger charge is 2.17. The molecule has 2 heterocycles. The van der Waals surface area contributed by atoms with Crippen molar-refractivity contribution in [3.05, 3.63) is 45.5 Å². The van der Waals surface area contributed by atoms with E-state index in [9.17, 15) is 10.4 Å². The van der Waals surface area contributed by atoms with Gasteiger partial charge in [-0.25, -0.2) is 4.98 Å². The van der Waals surface area contributed by atoms with E-state index in [-0.39, 0.29) is 6.61 Å². The molecule has 0 saturated carbocycles. The predicted molar refractivity (Wildman–Crippen MR) is 93.2 cm³/mol. The summed E-state index contributed by atoms with van der Waals surface area (Å²) in [5.74, 6) is 0.437. The Labute approximate surface area is 146 Å². The van der Waals surface area contributed by atoms with E-state index < -0.39 is 0 Å². The highest BCUT2D eigenvalue weighted by molar-refractivity contribution is 9.10. The van der Waals surface area contributed by atoms with Crippen LogP contribution in [0.25, 0.3) is 22.6 Å². The van der Waals surface area contributed by atoms with E-state index >= 15 is 0 Å². The van der Waals surface area contributed by atoms with Crippen molar-refractivity contribution < 1.29 is 9.52 Å². The summed E-state index contributed by atoms with van der Waals surface area (Å²) in [5.41, 5.74) is 3.69. The molecule has 0 saturated heterocycles. The van der Waals surface area contributed by atoms with E-state index in [1.807, 2.05) is 25.1 Å². The van der Waals surface area contributed by atoms with Crippen LogP contribution in [0.2, 0.25) is 0 Å². The average Bonchev–Trinajstić information content (AvgIpc) is 3.01. The van der Waals surface area contributed by atoms with Crippen molar-refractivity contribution in [1.29, 1.82) is 5.26 Å². The van der Waals surface area contributed by atoms with E-state index in [1.165, 1.54) is 0 Å². The number of nitrogens with zero attached hydrogens (tertiary/aromatic N) is 4. The topological polar surface area (TPSA) is 87.3 Å². The fourth-order valence-electron chi connectivity index (χ4n) is 2.61. The fraction of sp³-hybridized carbons (Fsp3) is 0.235. The lowest BCUT2D eigenvalue weighted by Gasteiger charge is -2.05. The van der Waals surface area contributed by atoms with Gasteiger partial charge < -0.3 is 14.1 Å².